The van der Waals surface area contributed by atoms with Crippen molar-refractivity contribution in [1.29, 1.82) is 0 Å². The fraction of sp³-hybridized carbons (Fsp3) is 0.538. The Balaban J connectivity index is 3.30. The third-order valence-corrected chi connectivity index (χ3v) is 3.99. The lowest BCUT2D eigenvalue weighted by molar-refractivity contribution is 0.381. The third kappa shape index (κ3) is 2.53. The molecule has 1 nitrogen and oxygen atoms in total. The number of nitrogens with one attached hydrogen (secondary N) is 1. The third-order valence-electron chi connectivity index (χ3n) is 3.36. The molecule has 3 heteroatoms. The molecule has 0 radical (unpaired) electrons. The monoisotopic (exact) mass is 259 g/mol. The lowest BCUT2D eigenvalue weighted by Crippen LogP contribution is -2.36. The highest BCUT2D eigenvalue weighted by molar-refractivity contribution is 6.36. The molecule has 0 aliphatic rings. The van der Waals surface area contributed by atoms with Crippen molar-refractivity contribution in [3.05, 3.63) is 33.8 Å². The molecule has 16 heavy (non-hydrogen) atoms. The Kier molecular flexibility index (Phi) is 5.10. The molecule has 0 heterocycles. The maximum atomic E-state index is 6.29. The molecule has 0 bridgehead atoms. The summed E-state index contributed by atoms with van der Waals surface area (Å²) in [6.45, 7) is 5.25. The van der Waals surface area contributed by atoms with E-state index < -0.39 is 0 Å². The van der Waals surface area contributed by atoms with Gasteiger partial charge in [-0.1, -0.05) is 43.1 Å². The van der Waals surface area contributed by atoms with E-state index in [9.17, 15) is 0 Å². The molecule has 1 rings (SSSR count). The standard InChI is InChI=1S/C13H19Cl2N/c1-4-13(5-2,9-16-3)12-10(14)7-6-8-11(12)15/h6-8,16H,4-5,9H2,1-3H3. The van der Waals surface area contributed by atoms with Gasteiger partial charge in [-0.2, -0.15) is 0 Å². The van der Waals surface area contributed by atoms with Gasteiger partial charge in [-0.05, 0) is 37.6 Å². The van der Waals surface area contributed by atoms with Crippen LogP contribution in [-0.2, 0) is 5.41 Å². The van der Waals surface area contributed by atoms with Crippen LogP contribution in [0.5, 0.6) is 0 Å². The highest BCUT2D eigenvalue weighted by Gasteiger charge is 2.31. The number of hydrogen-bond acceptors (Lipinski definition) is 1. The highest BCUT2D eigenvalue weighted by Crippen LogP contribution is 2.40. The molecule has 0 amide bonds. The second-order valence-corrected chi connectivity index (χ2v) is 4.93. The van der Waals surface area contributed by atoms with E-state index in [4.69, 9.17) is 23.2 Å². The number of rotatable bonds is 5. The molecule has 1 N–H and O–H groups in total. The molecular weight excluding hydrogens is 241 g/mol. The van der Waals surface area contributed by atoms with Crippen molar-refractivity contribution >= 4 is 23.2 Å². The summed E-state index contributed by atoms with van der Waals surface area (Å²) in [6.07, 6.45) is 2.04. The van der Waals surface area contributed by atoms with Crippen molar-refractivity contribution in [3.8, 4) is 0 Å². The molecule has 90 valence electrons. The maximum absolute atomic E-state index is 6.29. The fourth-order valence-electron chi connectivity index (χ4n) is 2.28. The summed E-state index contributed by atoms with van der Waals surface area (Å²) < 4.78 is 0. The maximum Gasteiger partial charge on any atom is 0.0459 e. The van der Waals surface area contributed by atoms with Gasteiger partial charge in [0.2, 0.25) is 0 Å². The minimum Gasteiger partial charge on any atom is -0.319 e. The minimum absolute atomic E-state index is 0.0319. The molecule has 0 saturated carbocycles. The summed E-state index contributed by atoms with van der Waals surface area (Å²) in [5.41, 5.74) is 1.11. The average Bonchev–Trinajstić information content (AvgIpc) is 2.27. The van der Waals surface area contributed by atoms with Crippen LogP contribution in [0.1, 0.15) is 32.3 Å². The Morgan fingerprint density at radius 3 is 2.00 bits per heavy atom. The van der Waals surface area contributed by atoms with Gasteiger partial charge in [-0.15, -0.1) is 0 Å². The van der Waals surface area contributed by atoms with Crippen molar-refractivity contribution in [2.24, 2.45) is 0 Å². The molecule has 0 saturated heterocycles. The normalized spacial score (nSPS) is 11.8. The predicted octanol–water partition coefficient (Wildman–Crippen LogP) is 4.27. The summed E-state index contributed by atoms with van der Waals surface area (Å²) in [5.74, 6) is 0. The van der Waals surface area contributed by atoms with Gasteiger partial charge in [0.05, 0.1) is 0 Å². The molecule has 0 aromatic heterocycles. The van der Waals surface area contributed by atoms with E-state index in [-0.39, 0.29) is 5.41 Å². The first-order chi connectivity index (χ1) is 7.61. The van der Waals surface area contributed by atoms with E-state index in [2.05, 4.69) is 19.2 Å². The zero-order valence-corrected chi connectivity index (χ0v) is 11.6. The van der Waals surface area contributed by atoms with E-state index in [1.54, 1.807) is 0 Å². The topological polar surface area (TPSA) is 12.0 Å². The Labute approximate surface area is 108 Å². The predicted molar refractivity (Wildman–Crippen MR) is 72.6 cm³/mol. The molecule has 0 aliphatic heterocycles. The molecule has 1 aromatic carbocycles. The smallest absolute Gasteiger partial charge is 0.0459 e. The first-order valence-electron chi connectivity index (χ1n) is 5.70. The van der Waals surface area contributed by atoms with Gasteiger partial charge in [0, 0.05) is 22.0 Å². The number of halogens is 2. The Bertz CT molecular complexity index is 326. The summed E-state index contributed by atoms with van der Waals surface area (Å²) in [4.78, 5) is 0. The second-order valence-electron chi connectivity index (χ2n) is 4.11. The van der Waals surface area contributed by atoms with Crippen LogP contribution in [0.25, 0.3) is 0 Å². The van der Waals surface area contributed by atoms with Crippen LogP contribution in [0.15, 0.2) is 18.2 Å². The average molecular weight is 260 g/mol. The number of hydrogen-bond donors (Lipinski definition) is 1. The molecular formula is C13H19Cl2N. The molecule has 0 aliphatic carbocycles. The van der Waals surface area contributed by atoms with Crippen molar-refractivity contribution in [3.63, 3.8) is 0 Å². The van der Waals surface area contributed by atoms with Crippen molar-refractivity contribution in [1.82, 2.24) is 5.32 Å². The molecule has 0 spiro atoms. The number of benzene rings is 1. The molecule has 0 atom stereocenters. The fourth-order valence-corrected chi connectivity index (χ4v) is 3.08. The summed E-state index contributed by atoms with van der Waals surface area (Å²) in [5, 5.41) is 4.79. The highest BCUT2D eigenvalue weighted by atomic mass is 35.5. The van der Waals surface area contributed by atoms with E-state index in [0.717, 1.165) is 35.0 Å². The first-order valence-corrected chi connectivity index (χ1v) is 6.46. The lowest BCUT2D eigenvalue weighted by atomic mass is 9.75. The zero-order valence-electron chi connectivity index (χ0n) is 10.1. The Morgan fingerprint density at radius 2 is 1.62 bits per heavy atom. The Hall–Kier alpha value is -0.240. The van der Waals surface area contributed by atoms with E-state index >= 15 is 0 Å². The summed E-state index contributed by atoms with van der Waals surface area (Å²) in [7, 11) is 1.96. The van der Waals surface area contributed by atoms with E-state index in [0.29, 0.717) is 0 Å². The van der Waals surface area contributed by atoms with Crippen LogP contribution in [0.4, 0.5) is 0 Å². The van der Waals surface area contributed by atoms with Gasteiger partial charge in [0.15, 0.2) is 0 Å². The first kappa shape index (κ1) is 13.8. The second kappa shape index (κ2) is 5.90. The van der Waals surface area contributed by atoms with Gasteiger partial charge in [-0.25, -0.2) is 0 Å². The van der Waals surface area contributed by atoms with Gasteiger partial charge in [0.1, 0.15) is 0 Å². The Morgan fingerprint density at radius 1 is 1.12 bits per heavy atom. The van der Waals surface area contributed by atoms with Crippen molar-refractivity contribution in [2.75, 3.05) is 13.6 Å². The van der Waals surface area contributed by atoms with Crippen LogP contribution in [-0.4, -0.2) is 13.6 Å². The van der Waals surface area contributed by atoms with Crippen LogP contribution in [0.3, 0.4) is 0 Å². The van der Waals surface area contributed by atoms with E-state index in [1.165, 1.54) is 0 Å². The molecule has 0 fully saturated rings. The summed E-state index contributed by atoms with van der Waals surface area (Å²) >= 11 is 12.6. The number of likely N-dealkylation sites (N-methyl/N-ethyl adjacent to an activating group) is 1. The lowest BCUT2D eigenvalue weighted by Gasteiger charge is -2.33. The molecule has 0 unspecified atom stereocenters. The zero-order chi connectivity index (χ0) is 12.2. The SMILES string of the molecule is CCC(CC)(CNC)c1c(Cl)cccc1Cl. The van der Waals surface area contributed by atoms with Gasteiger partial charge in [-0.3, -0.25) is 0 Å². The summed E-state index contributed by atoms with van der Waals surface area (Å²) in [6, 6.07) is 5.72. The van der Waals surface area contributed by atoms with Crippen molar-refractivity contribution < 1.29 is 0 Å². The van der Waals surface area contributed by atoms with Gasteiger partial charge >= 0.3 is 0 Å². The van der Waals surface area contributed by atoms with Crippen molar-refractivity contribution in [2.45, 2.75) is 32.1 Å². The van der Waals surface area contributed by atoms with Crippen LogP contribution in [0, 0.1) is 0 Å². The van der Waals surface area contributed by atoms with Crippen LogP contribution < -0.4 is 5.32 Å². The quantitative estimate of drug-likeness (QED) is 0.833. The molecule has 1 aromatic rings. The minimum atomic E-state index is 0.0319. The van der Waals surface area contributed by atoms with Gasteiger partial charge in [0.25, 0.3) is 0 Å². The van der Waals surface area contributed by atoms with E-state index in [1.807, 2.05) is 25.2 Å². The van der Waals surface area contributed by atoms with Gasteiger partial charge < -0.3 is 5.32 Å². The van der Waals surface area contributed by atoms with Crippen LogP contribution in [0.2, 0.25) is 10.0 Å². The largest absolute Gasteiger partial charge is 0.319 e. The van der Waals surface area contributed by atoms with Crippen LogP contribution >= 0.6 is 23.2 Å².